The zero-order valence-electron chi connectivity index (χ0n) is 17.0. The lowest BCUT2D eigenvalue weighted by Gasteiger charge is -2.09. The number of nitrogens with zero attached hydrogens (tertiary/aromatic N) is 3. The third-order valence-electron chi connectivity index (χ3n) is 4.76. The minimum atomic E-state index is -0.217. The molecule has 1 amide bonds. The van der Waals surface area contributed by atoms with Crippen molar-refractivity contribution in [3.05, 3.63) is 77.1 Å². The number of rotatable bonds is 6. The number of oxazole rings is 1. The van der Waals surface area contributed by atoms with Gasteiger partial charge in [0.05, 0.1) is 12.0 Å². The van der Waals surface area contributed by atoms with Gasteiger partial charge in [-0.2, -0.15) is 5.10 Å². The maximum absolute atomic E-state index is 12.1. The van der Waals surface area contributed by atoms with Crippen LogP contribution in [0, 0.1) is 20.8 Å². The van der Waals surface area contributed by atoms with Crippen molar-refractivity contribution >= 4 is 35.0 Å². The van der Waals surface area contributed by atoms with E-state index in [1.807, 2.05) is 31.2 Å². The number of hydrogen-bond donors (Lipinski definition) is 1. The third-order valence-corrected chi connectivity index (χ3v) is 5.58. The Labute approximate surface area is 179 Å². The molecule has 152 valence electrons. The number of thioether (sulfide) groups is 1. The van der Waals surface area contributed by atoms with Crippen LogP contribution in [0.3, 0.4) is 0 Å². The number of para-hydroxylation sites is 2. The molecule has 2 aromatic carbocycles. The molecule has 0 saturated heterocycles. The molecule has 0 radical (unpaired) electrons. The van der Waals surface area contributed by atoms with Gasteiger partial charge in [0.2, 0.25) is 0 Å². The molecular weight excluding hydrogens is 396 g/mol. The van der Waals surface area contributed by atoms with Crippen LogP contribution in [0.15, 0.2) is 69.3 Å². The van der Waals surface area contributed by atoms with Crippen LogP contribution < -0.4 is 5.43 Å². The van der Waals surface area contributed by atoms with Gasteiger partial charge >= 0.3 is 0 Å². The number of fused-ring (bicyclic) bond motifs is 1. The van der Waals surface area contributed by atoms with E-state index in [4.69, 9.17) is 4.42 Å². The van der Waals surface area contributed by atoms with Gasteiger partial charge in [-0.15, -0.1) is 0 Å². The van der Waals surface area contributed by atoms with E-state index >= 15 is 0 Å². The van der Waals surface area contributed by atoms with E-state index < -0.39 is 0 Å². The standard InChI is InChI=1S/C23H22N4O2S/c1-15-8-10-19(11-9-15)27-16(2)12-18(17(27)3)13-24-26-22(28)14-30-23-25-20-6-4-5-7-21(20)29-23/h4-13H,14H2,1-3H3,(H,26,28)/b24-13-. The van der Waals surface area contributed by atoms with Crippen LogP contribution in [0.1, 0.15) is 22.5 Å². The van der Waals surface area contributed by atoms with Crippen molar-refractivity contribution in [2.75, 3.05) is 5.75 Å². The predicted molar refractivity (Wildman–Crippen MR) is 120 cm³/mol. The number of nitrogens with one attached hydrogen (secondary N) is 1. The van der Waals surface area contributed by atoms with E-state index in [2.05, 4.69) is 64.3 Å². The first-order valence-electron chi connectivity index (χ1n) is 9.57. The van der Waals surface area contributed by atoms with Crippen LogP contribution in [0.2, 0.25) is 0 Å². The summed E-state index contributed by atoms with van der Waals surface area (Å²) in [6.45, 7) is 6.17. The Morgan fingerprint density at radius 3 is 2.70 bits per heavy atom. The van der Waals surface area contributed by atoms with E-state index in [9.17, 15) is 4.79 Å². The van der Waals surface area contributed by atoms with E-state index in [-0.39, 0.29) is 11.7 Å². The van der Waals surface area contributed by atoms with Crippen molar-refractivity contribution in [3.63, 3.8) is 0 Å². The Morgan fingerprint density at radius 2 is 1.93 bits per heavy atom. The van der Waals surface area contributed by atoms with Crippen LogP contribution in [0.25, 0.3) is 16.8 Å². The first-order valence-corrected chi connectivity index (χ1v) is 10.6. The fourth-order valence-electron chi connectivity index (χ4n) is 3.26. The zero-order valence-corrected chi connectivity index (χ0v) is 17.9. The van der Waals surface area contributed by atoms with Gasteiger partial charge in [0.25, 0.3) is 11.1 Å². The monoisotopic (exact) mass is 418 g/mol. The Kier molecular flexibility index (Phi) is 5.72. The minimum Gasteiger partial charge on any atom is -0.431 e. The second-order valence-corrected chi connectivity index (χ2v) is 7.95. The molecule has 0 aliphatic carbocycles. The molecule has 2 aromatic heterocycles. The minimum absolute atomic E-state index is 0.173. The summed E-state index contributed by atoms with van der Waals surface area (Å²) < 4.78 is 7.78. The summed E-state index contributed by atoms with van der Waals surface area (Å²) in [7, 11) is 0. The fourth-order valence-corrected chi connectivity index (χ4v) is 3.89. The first kappa shape index (κ1) is 20.0. The highest BCUT2D eigenvalue weighted by Crippen LogP contribution is 2.23. The van der Waals surface area contributed by atoms with Gasteiger partial charge in [0, 0.05) is 22.6 Å². The Bertz CT molecular complexity index is 1190. The van der Waals surface area contributed by atoms with Gasteiger partial charge in [0.15, 0.2) is 5.58 Å². The first-order chi connectivity index (χ1) is 14.5. The van der Waals surface area contributed by atoms with Gasteiger partial charge in [0.1, 0.15) is 5.52 Å². The number of amides is 1. The second-order valence-electron chi connectivity index (χ2n) is 7.03. The summed E-state index contributed by atoms with van der Waals surface area (Å²) in [6.07, 6.45) is 1.68. The molecule has 4 aromatic rings. The Balaban J connectivity index is 1.37. The van der Waals surface area contributed by atoms with Gasteiger partial charge in [-0.3, -0.25) is 4.79 Å². The maximum atomic E-state index is 12.1. The molecule has 30 heavy (non-hydrogen) atoms. The lowest BCUT2D eigenvalue weighted by Crippen LogP contribution is -2.19. The topological polar surface area (TPSA) is 72.4 Å². The van der Waals surface area contributed by atoms with Crippen molar-refractivity contribution in [1.82, 2.24) is 15.0 Å². The summed E-state index contributed by atoms with van der Waals surface area (Å²) in [6, 6.07) is 18.0. The van der Waals surface area contributed by atoms with Crippen molar-refractivity contribution in [2.24, 2.45) is 5.10 Å². The molecule has 6 nitrogen and oxygen atoms in total. The predicted octanol–water partition coefficient (Wildman–Crippen LogP) is 4.79. The normalized spacial score (nSPS) is 11.4. The van der Waals surface area contributed by atoms with Gasteiger partial charge in [-0.25, -0.2) is 10.4 Å². The SMILES string of the molecule is Cc1ccc(-n2c(C)cc(/C=N\NC(=O)CSc3nc4ccccc4o3)c2C)cc1. The Morgan fingerprint density at radius 1 is 1.17 bits per heavy atom. The van der Waals surface area contributed by atoms with Crippen molar-refractivity contribution in [1.29, 1.82) is 0 Å². The lowest BCUT2D eigenvalue weighted by molar-refractivity contribution is -0.118. The summed E-state index contributed by atoms with van der Waals surface area (Å²) in [5, 5.41) is 4.59. The van der Waals surface area contributed by atoms with Crippen molar-refractivity contribution in [2.45, 2.75) is 26.0 Å². The number of aryl methyl sites for hydroxylation is 2. The number of aromatic nitrogens is 2. The van der Waals surface area contributed by atoms with Gasteiger partial charge < -0.3 is 8.98 Å². The van der Waals surface area contributed by atoms with Crippen molar-refractivity contribution in [3.8, 4) is 5.69 Å². The highest BCUT2D eigenvalue weighted by molar-refractivity contribution is 7.99. The molecule has 1 N–H and O–H groups in total. The molecule has 0 atom stereocenters. The molecule has 4 rings (SSSR count). The summed E-state index contributed by atoms with van der Waals surface area (Å²) in [5.41, 5.74) is 9.52. The summed E-state index contributed by atoms with van der Waals surface area (Å²) >= 11 is 1.24. The van der Waals surface area contributed by atoms with Gasteiger partial charge in [-0.1, -0.05) is 41.6 Å². The number of hydrogen-bond acceptors (Lipinski definition) is 5. The number of carbonyl (C=O) groups is 1. The van der Waals surface area contributed by atoms with Crippen LogP contribution >= 0.6 is 11.8 Å². The van der Waals surface area contributed by atoms with E-state index in [0.29, 0.717) is 10.8 Å². The van der Waals surface area contributed by atoms with Gasteiger partial charge in [-0.05, 0) is 51.1 Å². The molecule has 0 unspecified atom stereocenters. The third kappa shape index (κ3) is 4.31. The van der Waals surface area contributed by atoms with E-state index in [1.165, 1.54) is 17.3 Å². The molecule has 0 bridgehead atoms. The highest BCUT2D eigenvalue weighted by Gasteiger charge is 2.10. The highest BCUT2D eigenvalue weighted by atomic mass is 32.2. The molecular formula is C23H22N4O2S. The Hall–Kier alpha value is -3.32. The molecule has 0 aliphatic rings. The molecule has 7 heteroatoms. The number of carbonyl (C=O) groups excluding carboxylic acids is 1. The second kappa shape index (κ2) is 8.59. The molecule has 2 heterocycles. The molecule has 0 saturated carbocycles. The van der Waals surface area contributed by atoms with Crippen molar-refractivity contribution < 1.29 is 9.21 Å². The average Bonchev–Trinajstić information content (AvgIpc) is 3.27. The maximum Gasteiger partial charge on any atom is 0.257 e. The average molecular weight is 419 g/mol. The summed E-state index contributed by atoms with van der Waals surface area (Å²) in [4.78, 5) is 16.5. The van der Waals surface area contributed by atoms with Crippen LogP contribution in [0.5, 0.6) is 0 Å². The van der Waals surface area contributed by atoms with E-state index in [1.54, 1.807) is 6.21 Å². The van der Waals surface area contributed by atoms with Crippen LogP contribution in [-0.2, 0) is 4.79 Å². The fraction of sp³-hybridized carbons (Fsp3) is 0.174. The van der Waals surface area contributed by atoms with Crippen LogP contribution in [0.4, 0.5) is 0 Å². The molecule has 0 spiro atoms. The zero-order chi connectivity index (χ0) is 21.1. The lowest BCUT2D eigenvalue weighted by atomic mass is 10.2. The number of benzene rings is 2. The molecule has 0 aliphatic heterocycles. The van der Waals surface area contributed by atoms with E-state index in [0.717, 1.165) is 28.2 Å². The smallest absolute Gasteiger partial charge is 0.257 e. The quantitative estimate of drug-likeness (QED) is 0.278. The van der Waals surface area contributed by atoms with Crippen LogP contribution in [-0.4, -0.2) is 27.4 Å². The summed E-state index contributed by atoms with van der Waals surface area (Å²) in [5.74, 6) is -0.0436. The largest absolute Gasteiger partial charge is 0.431 e. The molecule has 0 fully saturated rings. The number of hydrazone groups is 1.